The van der Waals surface area contributed by atoms with Gasteiger partial charge in [0.25, 0.3) is 0 Å². The maximum atomic E-state index is 11.9. The van der Waals surface area contributed by atoms with Crippen LogP contribution in [0.3, 0.4) is 0 Å². The molecule has 0 atom stereocenters. The molecule has 1 aromatic carbocycles. The molecule has 0 spiro atoms. The molecule has 5 nitrogen and oxygen atoms in total. The van der Waals surface area contributed by atoms with E-state index >= 15 is 0 Å². The highest BCUT2D eigenvalue weighted by molar-refractivity contribution is 5.93. The van der Waals surface area contributed by atoms with Gasteiger partial charge >= 0.3 is 0 Å². The van der Waals surface area contributed by atoms with Crippen LogP contribution in [0.2, 0.25) is 0 Å². The Balaban J connectivity index is 1.81. The number of nitrogens with zero attached hydrogens (tertiary/aromatic N) is 2. The summed E-state index contributed by atoms with van der Waals surface area (Å²) in [6.07, 6.45) is 4.64. The third kappa shape index (κ3) is 4.06. The van der Waals surface area contributed by atoms with E-state index in [1.54, 1.807) is 6.20 Å². The molecule has 20 heavy (non-hydrogen) atoms. The number of benzene rings is 1. The summed E-state index contributed by atoms with van der Waals surface area (Å²) >= 11 is 0. The highest BCUT2D eigenvalue weighted by Crippen LogP contribution is 2.16. The maximum Gasteiger partial charge on any atom is 0.225 e. The summed E-state index contributed by atoms with van der Waals surface area (Å²) in [6.45, 7) is 4.01. The van der Waals surface area contributed by atoms with Crippen LogP contribution in [0.4, 0.5) is 5.69 Å². The number of aromatic amines is 1. The summed E-state index contributed by atoms with van der Waals surface area (Å²) in [5.74, 6) is 0.0483. The third-order valence-electron chi connectivity index (χ3n) is 3.34. The Morgan fingerprint density at radius 2 is 2.25 bits per heavy atom. The van der Waals surface area contributed by atoms with Gasteiger partial charge in [-0.05, 0) is 38.2 Å². The molecule has 0 aliphatic carbocycles. The zero-order chi connectivity index (χ0) is 14.4. The minimum absolute atomic E-state index is 0.0483. The van der Waals surface area contributed by atoms with Crippen LogP contribution in [0.5, 0.6) is 0 Å². The first-order valence-corrected chi connectivity index (χ1v) is 7.10. The van der Waals surface area contributed by atoms with Gasteiger partial charge in [0.1, 0.15) is 0 Å². The topological polar surface area (TPSA) is 61.0 Å². The molecule has 108 valence electrons. The summed E-state index contributed by atoms with van der Waals surface area (Å²) in [7, 11) is 2.06. The molecule has 1 aromatic heterocycles. The minimum atomic E-state index is 0.0483. The van der Waals surface area contributed by atoms with E-state index in [-0.39, 0.29) is 5.91 Å². The van der Waals surface area contributed by atoms with Crippen molar-refractivity contribution in [2.24, 2.45) is 0 Å². The number of rotatable bonds is 7. The van der Waals surface area contributed by atoms with Crippen molar-refractivity contribution >= 4 is 22.5 Å². The summed E-state index contributed by atoms with van der Waals surface area (Å²) in [5, 5.41) is 10.8. The molecule has 0 radical (unpaired) electrons. The fraction of sp³-hybridized carbons (Fsp3) is 0.467. The largest absolute Gasteiger partial charge is 0.326 e. The predicted molar refractivity (Wildman–Crippen MR) is 81.7 cm³/mol. The Morgan fingerprint density at radius 1 is 1.40 bits per heavy atom. The second-order valence-corrected chi connectivity index (χ2v) is 5.13. The van der Waals surface area contributed by atoms with E-state index in [4.69, 9.17) is 0 Å². The lowest BCUT2D eigenvalue weighted by molar-refractivity contribution is -0.116. The number of hydrogen-bond acceptors (Lipinski definition) is 3. The summed E-state index contributed by atoms with van der Waals surface area (Å²) in [5.41, 5.74) is 1.74. The minimum Gasteiger partial charge on any atom is -0.326 e. The smallest absolute Gasteiger partial charge is 0.225 e. The molecule has 0 aliphatic rings. The first kappa shape index (κ1) is 14.5. The van der Waals surface area contributed by atoms with Gasteiger partial charge in [-0.25, -0.2) is 0 Å². The zero-order valence-corrected chi connectivity index (χ0v) is 12.1. The van der Waals surface area contributed by atoms with Crippen molar-refractivity contribution in [3.05, 3.63) is 24.4 Å². The van der Waals surface area contributed by atoms with E-state index in [2.05, 4.69) is 34.4 Å². The molecule has 0 bridgehead atoms. The number of unbranched alkanes of at least 4 members (excludes halogenated alkanes) is 1. The van der Waals surface area contributed by atoms with Gasteiger partial charge in [0.2, 0.25) is 5.91 Å². The Kier molecular flexibility index (Phi) is 5.12. The van der Waals surface area contributed by atoms with E-state index in [0.717, 1.165) is 29.7 Å². The molecule has 1 amide bonds. The first-order valence-electron chi connectivity index (χ1n) is 7.10. The van der Waals surface area contributed by atoms with Gasteiger partial charge < -0.3 is 10.2 Å². The predicted octanol–water partition coefficient (Wildman–Crippen LogP) is 2.62. The number of fused-ring (bicyclic) bond motifs is 1. The van der Waals surface area contributed by atoms with E-state index in [9.17, 15) is 4.79 Å². The molecule has 5 heteroatoms. The lowest BCUT2D eigenvalue weighted by Gasteiger charge is -2.15. The van der Waals surface area contributed by atoms with Crippen molar-refractivity contribution in [1.82, 2.24) is 15.1 Å². The van der Waals surface area contributed by atoms with Crippen molar-refractivity contribution in [3.63, 3.8) is 0 Å². The van der Waals surface area contributed by atoms with Gasteiger partial charge in [-0.1, -0.05) is 13.3 Å². The number of amides is 1. The summed E-state index contributed by atoms with van der Waals surface area (Å²) in [4.78, 5) is 14.1. The van der Waals surface area contributed by atoms with Crippen molar-refractivity contribution < 1.29 is 4.79 Å². The molecule has 2 rings (SSSR count). The lowest BCUT2D eigenvalue weighted by atomic mass is 10.2. The van der Waals surface area contributed by atoms with E-state index < -0.39 is 0 Å². The third-order valence-corrected chi connectivity index (χ3v) is 3.34. The Morgan fingerprint density at radius 3 is 3.05 bits per heavy atom. The number of hydrogen-bond donors (Lipinski definition) is 2. The van der Waals surface area contributed by atoms with Crippen LogP contribution in [0, 0.1) is 0 Å². The fourth-order valence-electron chi connectivity index (χ4n) is 2.07. The van der Waals surface area contributed by atoms with Crippen LogP contribution in [-0.2, 0) is 4.79 Å². The summed E-state index contributed by atoms with van der Waals surface area (Å²) < 4.78 is 0. The second-order valence-electron chi connectivity index (χ2n) is 5.13. The van der Waals surface area contributed by atoms with Crippen molar-refractivity contribution in [1.29, 1.82) is 0 Å². The van der Waals surface area contributed by atoms with E-state index in [0.29, 0.717) is 6.42 Å². The first-order chi connectivity index (χ1) is 9.69. The monoisotopic (exact) mass is 274 g/mol. The van der Waals surface area contributed by atoms with Crippen LogP contribution in [0.15, 0.2) is 24.4 Å². The molecule has 0 fully saturated rings. The standard InChI is InChI=1S/C15H22N4O/c1-3-4-8-19(2)9-7-15(20)17-13-6-5-12-11-16-18-14(12)10-13/h5-6,10-11H,3-4,7-9H2,1-2H3,(H,16,18)(H,17,20). The summed E-state index contributed by atoms with van der Waals surface area (Å²) in [6, 6.07) is 5.75. The quantitative estimate of drug-likeness (QED) is 0.816. The van der Waals surface area contributed by atoms with Gasteiger partial charge in [0.15, 0.2) is 0 Å². The highest BCUT2D eigenvalue weighted by Gasteiger charge is 2.06. The number of H-pyrrole nitrogens is 1. The molecule has 0 saturated carbocycles. The number of carbonyl (C=O) groups excluding carboxylic acids is 1. The zero-order valence-electron chi connectivity index (χ0n) is 12.1. The van der Waals surface area contributed by atoms with Gasteiger partial charge in [-0.2, -0.15) is 5.10 Å². The molecule has 0 saturated heterocycles. The second kappa shape index (κ2) is 7.05. The van der Waals surface area contributed by atoms with Gasteiger partial charge in [-0.15, -0.1) is 0 Å². The Hall–Kier alpha value is -1.88. The molecular weight excluding hydrogens is 252 g/mol. The Labute approximate surface area is 119 Å². The number of aromatic nitrogens is 2. The molecule has 1 heterocycles. The maximum absolute atomic E-state index is 11.9. The van der Waals surface area contributed by atoms with E-state index in [1.165, 1.54) is 12.8 Å². The van der Waals surface area contributed by atoms with Crippen LogP contribution < -0.4 is 5.32 Å². The Bertz CT molecular complexity index is 564. The molecule has 0 unspecified atom stereocenters. The van der Waals surface area contributed by atoms with Gasteiger partial charge in [-0.3, -0.25) is 9.89 Å². The van der Waals surface area contributed by atoms with Crippen LogP contribution >= 0.6 is 0 Å². The van der Waals surface area contributed by atoms with Crippen LogP contribution in [0.1, 0.15) is 26.2 Å². The van der Waals surface area contributed by atoms with Crippen LogP contribution in [-0.4, -0.2) is 41.1 Å². The van der Waals surface area contributed by atoms with Crippen LogP contribution in [0.25, 0.3) is 10.9 Å². The number of anilines is 1. The SMILES string of the molecule is CCCCN(C)CCC(=O)Nc1ccc2cn[nH]c2c1. The molecule has 0 aliphatic heterocycles. The average molecular weight is 274 g/mol. The molecular formula is C15H22N4O. The fourth-order valence-corrected chi connectivity index (χ4v) is 2.07. The van der Waals surface area contributed by atoms with Gasteiger partial charge in [0, 0.05) is 24.0 Å². The lowest BCUT2D eigenvalue weighted by Crippen LogP contribution is -2.25. The average Bonchev–Trinajstić information content (AvgIpc) is 2.90. The van der Waals surface area contributed by atoms with Crippen molar-refractivity contribution in [2.45, 2.75) is 26.2 Å². The normalized spacial score (nSPS) is 11.2. The van der Waals surface area contributed by atoms with Crippen molar-refractivity contribution in [3.8, 4) is 0 Å². The number of nitrogens with one attached hydrogen (secondary N) is 2. The molecule has 2 aromatic rings. The highest BCUT2D eigenvalue weighted by atomic mass is 16.1. The molecule has 2 N–H and O–H groups in total. The van der Waals surface area contributed by atoms with Gasteiger partial charge in [0.05, 0.1) is 11.7 Å². The van der Waals surface area contributed by atoms with E-state index in [1.807, 2.05) is 18.2 Å². The number of carbonyl (C=O) groups is 1. The van der Waals surface area contributed by atoms with Crippen molar-refractivity contribution in [2.75, 3.05) is 25.5 Å².